The third kappa shape index (κ3) is 2.56. The first kappa shape index (κ1) is 12.5. The van der Waals surface area contributed by atoms with E-state index >= 15 is 0 Å². The van der Waals surface area contributed by atoms with Crippen LogP contribution in [0.3, 0.4) is 0 Å². The number of halogens is 1. The molecule has 7 heteroatoms. The molecule has 1 aromatic carbocycles. The lowest BCUT2D eigenvalue weighted by atomic mass is 10.2. The van der Waals surface area contributed by atoms with Crippen LogP contribution in [0.1, 0.15) is 18.4 Å². The maximum atomic E-state index is 13.1. The van der Waals surface area contributed by atoms with Gasteiger partial charge >= 0.3 is 0 Å². The van der Waals surface area contributed by atoms with E-state index in [4.69, 9.17) is 4.52 Å². The van der Waals surface area contributed by atoms with Crippen molar-refractivity contribution in [1.29, 1.82) is 0 Å². The second-order valence-electron chi connectivity index (χ2n) is 4.30. The summed E-state index contributed by atoms with van der Waals surface area (Å²) in [6.45, 7) is 2.36. The van der Waals surface area contributed by atoms with Gasteiger partial charge in [0.25, 0.3) is 0 Å². The molecule has 3 rings (SSSR count). The molecule has 0 bridgehead atoms. The second kappa shape index (κ2) is 5.20. The summed E-state index contributed by atoms with van der Waals surface area (Å²) in [6.07, 6.45) is 2.37. The number of aromatic nitrogens is 5. The molecule has 0 aliphatic rings. The zero-order valence-electron chi connectivity index (χ0n) is 10.8. The summed E-state index contributed by atoms with van der Waals surface area (Å²) in [5, 5.41) is 11.8. The Balaban J connectivity index is 1.80. The van der Waals surface area contributed by atoms with E-state index < -0.39 is 0 Å². The molecule has 0 aliphatic carbocycles. The first-order chi connectivity index (χ1) is 9.74. The fourth-order valence-corrected chi connectivity index (χ4v) is 1.80. The molecule has 0 N–H and O–H groups in total. The van der Waals surface area contributed by atoms with Crippen molar-refractivity contribution in [3.63, 3.8) is 0 Å². The van der Waals surface area contributed by atoms with Crippen LogP contribution in [-0.2, 0) is 13.0 Å². The van der Waals surface area contributed by atoms with Gasteiger partial charge in [0.05, 0.1) is 12.7 Å². The molecule has 0 saturated heterocycles. The van der Waals surface area contributed by atoms with Crippen LogP contribution in [0.2, 0.25) is 0 Å². The maximum Gasteiger partial charge on any atom is 0.226 e. The van der Waals surface area contributed by atoms with Gasteiger partial charge in [-0.25, -0.2) is 9.07 Å². The molecule has 0 atom stereocenters. The molecule has 0 fully saturated rings. The lowest BCUT2D eigenvalue weighted by Crippen LogP contribution is -2.00. The third-order valence-corrected chi connectivity index (χ3v) is 2.77. The molecule has 2 aromatic heterocycles. The minimum absolute atomic E-state index is 0.270. The highest BCUT2D eigenvalue weighted by Crippen LogP contribution is 2.13. The highest BCUT2D eigenvalue weighted by Gasteiger charge is 2.11. The summed E-state index contributed by atoms with van der Waals surface area (Å²) in [6, 6.07) is 6.36. The molecule has 0 radical (unpaired) electrons. The lowest BCUT2D eigenvalue weighted by Gasteiger charge is -2.00. The highest BCUT2D eigenvalue weighted by molar-refractivity contribution is 5.45. The standard InChI is InChI=1S/C13H12FN5O/c1-2-12-15-13(17-20-12)11-8-19(18-16-11)7-9-4-3-5-10(14)6-9/h3-6,8H,2,7H2,1H3. The van der Waals surface area contributed by atoms with Crippen molar-refractivity contribution in [2.75, 3.05) is 0 Å². The van der Waals surface area contributed by atoms with Gasteiger partial charge in [-0.3, -0.25) is 0 Å². The summed E-state index contributed by atoms with van der Waals surface area (Å²) in [4.78, 5) is 4.18. The van der Waals surface area contributed by atoms with Crippen molar-refractivity contribution in [2.24, 2.45) is 0 Å². The van der Waals surface area contributed by atoms with Crippen LogP contribution in [0.4, 0.5) is 4.39 Å². The molecule has 102 valence electrons. The minimum Gasteiger partial charge on any atom is -0.339 e. The average molecular weight is 273 g/mol. The molecule has 2 heterocycles. The first-order valence-electron chi connectivity index (χ1n) is 6.22. The van der Waals surface area contributed by atoms with E-state index in [2.05, 4.69) is 20.5 Å². The Labute approximate surface area is 114 Å². The van der Waals surface area contributed by atoms with Crippen LogP contribution in [0.15, 0.2) is 35.0 Å². The Morgan fingerprint density at radius 1 is 1.35 bits per heavy atom. The normalized spacial score (nSPS) is 10.9. The summed E-state index contributed by atoms with van der Waals surface area (Å²) in [7, 11) is 0. The Hall–Kier alpha value is -2.57. The molecule has 0 spiro atoms. The maximum absolute atomic E-state index is 13.1. The quantitative estimate of drug-likeness (QED) is 0.728. The van der Waals surface area contributed by atoms with Crippen molar-refractivity contribution in [1.82, 2.24) is 25.1 Å². The summed E-state index contributed by atoms with van der Waals surface area (Å²) < 4.78 is 19.7. The number of benzene rings is 1. The van der Waals surface area contributed by atoms with Crippen LogP contribution in [-0.4, -0.2) is 25.1 Å². The van der Waals surface area contributed by atoms with Gasteiger partial charge in [-0.1, -0.05) is 29.4 Å². The number of nitrogens with zero attached hydrogens (tertiary/aromatic N) is 5. The summed E-state index contributed by atoms with van der Waals surface area (Å²) in [5.41, 5.74) is 1.34. The van der Waals surface area contributed by atoms with Crippen molar-refractivity contribution in [3.8, 4) is 11.5 Å². The van der Waals surface area contributed by atoms with Crippen molar-refractivity contribution in [2.45, 2.75) is 19.9 Å². The van der Waals surface area contributed by atoms with E-state index in [9.17, 15) is 4.39 Å². The zero-order chi connectivity index (χ0) is 13.9. The molecule has 0 saturated carbocycles. The monoisotopic (exact) mass is 273 g/mol. The molecular formula is C13H12FN5O. The number of hydrogen-bond donors (Lipinski definition) is 0. The third-order valence-electron chi connectivity index (χ3n) is 2.77. The second-order valence-corrected chi connectivity index (χ2v) is 4.30. The zero-order valence-corrected chi connectivity index (χ0v) is 10.8. The van der Waals surface area contributed by atoms with Gasteiger partial charge in [0.2, 0.25) is 11.7 Å². The Morgan fingerprint density at radius 2 is 2.25 bits per heavy atom. The van der Waals surface area contributed by atoms with E-state index in [1.807, 2.05) is 13.0 Å². The van der Waals surface area contributed by atoms with Crippen molar-refractivity contribution >= 4 is 0 Å². The number of rotatable bonds is 4. The fraction of sp³-hybridized carbons (Fsp3) is 0.231. The Morgan fingerprint density at radius 3 is 3.00 bits per heavy atom. The van der Waals surface area contributed by atoms with E-state index in [-0.39, 0.29) is 5.82 Å². The van der Waals surface area contributed by atoms with Gasteiger partial charge < -0.3 is 4.52 Å². The number of hydrogen-bond acceptors (Lipinski definition) is 5. The molecule has 0 aliphatic heterocycles. The predicted octanol–water partition coefficient (Wildman–Crippen LogP) is 2.08. The largest absolute Gasteiger partial charge is 0.339 e. The van der Waals surface area contributed by atoms with Gasteiger partial charge in [-0.05, 0) is 17.7 Å². The predicted molar refractivity (Wildman–Crippen MR) is 68.2 cm³/mol. The van der Waals surface area contributed by atoms with Crippen molar-refractivity contribution < 1.29 is 8.91 Å². The Kier molecular flexibility index (Phi) is 3.24. The van der Waals surface area contributed by atoms with Crippen molar-refractivity contribution in [3.05, 3.63) is 47.7 Å². The Bertz CT molecular complexity index is 721. The van der Waals surface area contributed by atoms with Gasteiger partial charge in [0.15, 0.2) is 5.69 Å². The average Bonchev–Trinajstić information content (AvgIpc) is 3.07. The molecule has 3 aromatic rings. The minimum atomic E-state index is -0.270. The molecule has 0 unspecified atom stereocenters. The highest BCUT2D eigenvalue weighted by atomic mass is 19.1. The molecule has 20 heavy (non-hydrogen) atoms. The van der Waals surface area contributed by atoms with Gasteiger partial charge in [-0.15, -0.1) is 5.10 Å². The van der Waals surface area contributed by atoms with Gasteiger partial charge in [-0.2, -0.15) is 4.98 Å². The van der Waals surface area contributed by atoms with Crippen LogP contribution in [0, 0.1) is 5.82 Å². The van der Waals surface area contributed by atoms with Gasteiger partial charge in [0, 0.05) is 6.42 Å². The van der Waals surface area contributed by atoms with Crippen LogP contribution in [0.5, 0.6) is 0 Å². The topological polar surface area (TPSA) is 69.6 Å². The van der Waals surface area contributed by atoms with Crippen LogP contribution in [0.25, 0.3) is 11.5 Å². The molecule has 0 amide bonds. The SMILES string of the molecule is CCc1nc(-c2cn(Cc3cccc(F)c3)nn2)no1. The smallest absolute Gasteiger partial charge is 0.226 e. The first-order valence-corrected chi connectivity index (χ1v) is 6.22. The summed E-state index contributed by atoms with van der Waals surface area (Å²) >= 11 is 0. The van der Waals surface area contributed by atoms with Gasteiger partial charge in [0.1, 0.15) is 5.82 Å². The fourth-order valence-electron chi connectivity index (χ4n) is 1.80. The van der Waals surface area contributed by atoms with E-state index in [1.54, 1.807) is 16.9 Å². The van der Waals surface area contributed by atoms with Crippen LogP contribution < -0.4 is 0 Å². The van der Waals surface area contributed by atoms with E-state index in [0.29, 0.717) is 30.4 Å². The van der Waals surface area contributed by atoms with E-state index in [0.717, 1.165) is 5.56 Å². The lowest BCUT2D eigenvalue weighted by molar-refractivity contribution is 0.382. The molecule has 6 nitrogen and oxygen atoms in total. The molecular weight excluding hydrogens is 261 g/mol. The van der Waals surface area contributed by atoms with E-state index in [1.165, 1.54) is 12.1 Å². The summed E-state index contributed by atoms with van der Waals surface area (Å²) in [5.74, 6) is 0.695. The number of aryl methyl sites for hydroxylation is 1. The van der Waals surface area contributed by atoms with Crippen LogP contribution >= 0.6 is 0 Å².